The Morgan fingerprint density at radius 1 is 0.301 bits per heavy atom. The molecule has 0 aliphatic carbocycles. The molecule has 48 heteroatoms. The van der Waals surface area contributed by atoms with Gasteiger partial charge in [-0.25, -0.2) is 43.2 Å². The quantitative estimate of drug-likeness (QED) is 0.0492. The molecule has 638 valence electrons. The fourth-order valence-electron chi connectivity index (χ4n) is 13.8. The number of hydrogen-bond donors (Lipinski definition) is 27. The summed E-state index contributed by atoms with van der Waals surface area (Å²) < 4.78 is 61.5. The molecule has 27 N–H and O–H groups in total. The van der Waals surface area contributed by atoms with Crippen molar-refractivity contribution < 1.29 is 238 Å². The second-order valence-electron chi connectivity index (χ2n) is 26.7. The fourth-order valence-corrected chi connectivity index (χ4v) is 13.8. The van der Waals surface area contributed by atoms with E-state index in [1.54, 1.807) is 0 Å². The first-order chi connectivity index (χ1) is 57.9. The highest BCUT2D eigenvalue weighted by atomic mass is 16.8. The Labute approximate surface area is 674 Å². The van der Waals surface area contributed by atoms with Gasteiger partial charge >= 0.3 is 53.7 Å². The minimum absolute atomic E-state index is 0.0960. The van der Waals surface area contributed by atoms with Crippen LogP contribution in [0.15, 0.2) is 54.6 Å². The van der Waals surface area contributed by atoms with E-state index < -0.39 is 384 Å². The number of rotatable bonds is 6. The standard InChI is InChI=1S/C75H50O48/c76-10-32-62(119-70(108)17-5-26(81)45(89)54(98)37(17)35-14(68(106)116-32)2-23(78)43(87)52(35)96)61-30(85)11-113-67(105)20-9-31(50(94)58(102)41(20)40-15(69(107)118-61)3-24(79)48(92)57(40)101)115-60-21(8-29(84)49(93)59(60)103)74(112)123-75-65-64(121-72(110)18-6-27(82)46(90)55(99)38(18)39-19(73(111)122-65)7-28(83)47(91)56(39)100)63-33(117-75)12-114-66(104)13-1-22(77)42(86)51(95)34(13)36-16(71(109)120-63)4-25(80)44(88)53(36)97/h1-10,30,32-33,61-65,75,77-103H,11-12H2. The Bertz CT molecular complexity index is 6280. The molecule has 9 atom stereocenters. The predicted octanol–water partition coefficient (Wildman–Crippen LogP) is 2.56. The molecule has 9 aromatic carbocycles. The van der Waals surface area contributed by atoms with Crippen LogP contribution in [0.1, 0.15) is 93.2 Å². The number of carbonyl (C=O) groups excluding carboxylic acids is 10. The number of cyclic esters (lactones) is 5. The van der Waals surface area contributed by atoms with E-state index in [4.69, 9.17) is 52.1 Å². The lowest BCUT2D eigenvalue weighted by Crippen LogP contribution is -2.63. The number of aromatic hydroxyl groups is 26. The van der Waals surface area contributed by atoms with Gasteiger partial charge in [-0.1, -0.05) is 0 Å². The van der Waals surface area contributed by atoms with E-state index >= 15 is 14.4 Å². The van der Waals surface area contributed by atoms with Crippen LogP contribution in [-0.4, -0.2) is 266 Å². The number of ether oxygens (including phenoxy) is 11. The molecule has 0 aromatic heterocycles. The van der Waals surface area contributed by atoms with Gasteiger partial charge in [0.05, 0.1) is 44.5 Å². The highest BCUT2D eigenvalue weighted by Gasteiger charge is 2.57. The minimum Gasteiger partial charge on any atom is -0.504 e. The number of fused-ring (bicyclic) bond motifs is 15. The number of phenols is 26. The minimum atomic E-state index is -3.08. The Morgan fingerprint density at radius 3 is 0.935 bits per heavy atom. The molecule has 1 saturated heterocycles. The first-order valence-corrected chi connectivity index (χ1v) is 34.0. The van der Waals surface area contributed by atoms with Gasteiger partial charge in [0.15, 0.2) is 140 Å². The number of aliphatic hydroxyl groups is 1. The topological polar surface area (TPSA) is 818 Å². The molecule has 1 fully saturated rings. The molecule has 0 saturated carbocycles. The molecule has 5 heterocycles. The number of hydrogen-bond acceptors (Lipinski definition) is 48. The molecule has 0 spiro atoms. The summed E-state index contributed by atoms with van der Waals surface area (Å²) in [6.07, 6.45) is -26.2. The zero-order valence-corrected chi connectivity index (χ0v) is 60.0. The molecule has 0 amide bonds. The molecule has 9 aromatic rings. The van der Waals surface area contributed by atoms with Crippen molar-refractivity contribution in [2.75, 3.05) is 13.2 Å². The third-order valence-electron chi connectivity index (χ3n) is 19.6. The van der Waals surface area contributed by atoms with Crippen LogP contribution in [0.25, 0.3) is 44.5 Å². The van der Waals surface area contributed by atoms with E-state index in [0.29, 0.717) is 12.1 Å². The summed E-state index contributed by atoms with van der Waals surface area (Å²) >= 11 is 0. The average molecular weight is 1720 g/mol. The van der Waals surface area contributed by atoms with Crippen LogP contribution in [0.5, 0.6) is 161 Å². The molecule has 5 aliphatic heterocycles. The van der Waals surface area contributed by atoms with E-state index in [1.165, 1.54) is 0 Å². The smallest absolute Gasteiger partial charge is 0.344 e. The van der Waals surface area contributed by atoms with Gasteiger partial charge in [0, 0.05) is 56.6 Å². The van der Waals surface area contributed by atoms with Gasteiger partial charge in [0.1, 0.15) is 31.0 Å². The van der Waals surface area contributed by atoms with Gasteiger partial charge in [-0.3, -0.25) is 4.79 Å². The van der Waals surface area contributed by atoms with E-state index in [1.807, 2.05) is 0 Å². The summed E-state index contributed by atoms with van der Waals surface area (Å²) in [5.74, 6) is -62.9. The Balaban J connectivity index is 0.883. The van der Waals surface area contributed by atoms with E-state index in [0.717, 1.165) is 0 Å². The van der Waals surface area contributed by atoms with Gasteiger partial charge in [-0.15, -0.1) is 0 Å². The highest BCUT2D eigenvalue weighted by Crippen LogP contribution is 2.60. The summed E-state index contributed by atoms with van der Waals surface area (Å²) in [6.45, 7) is -3.29. The number of benzene rings is 9. The summed E-state index contributed by atoms with van der Waals surface area (Å²) in [7, 11) is 0. The van der Waals surface area contributed by atoms with Gasteiger partial charge in [0.25, 0.3) is 0 Å². The van der Waals surface area contributed by atoms with E-state index in [2.05, 4.69) is 0 Å². The molecule has 5 aliphatic rings. The normalized spacial score (nSPS) is 20.0. The van der Waals surface area contributed by atoms with Crippen molar-refractivity contribution in [2.45, 2.75) is 55.1 Å². The number of phenolic OH excluding ortho intramolecular Hbond substituents is 26. The molecule has 0 bridgehead atoms. The van der Waals surface area contributed by atoms with Crippen LogP contribution >= 0.6 is 0 Å². The molecule has 123 heavy (non-hydrogen) atoms. The highest BCUT2D eigenvalue weighted by molar-refractivity contribution is 6.13. The molecular formula is C75H50O48. The Morgan fingerprint density at radius 2 is 0.577 bits per heavy atom. The van der Waals surface area contributed by atoms with Crippen LogP contribution in [-0.2, 0) is 52.2 Å². The van der Waals surface area contributed by atoms with Crippen molar-refractivity contribution in [1.29, 1.82) is 0 Å². The maximum Gasteiger partial charge on any atom is 0.344 e. The van der Waals surface area contributed by atoms with Crippen LogP contribution in [0, 0.1) is 0 Å². The van der Waals surface area contributed by atoms with Crippen LogP contribution in [0.2, 0.25) is 0 Å². The van der Waals surface area contributed by atoms with Crippen molar-refractivity contribution in [3.63, 3.8) is 0 Å². The van der Waals surface area contributed by atoms with E-state index in [-0.39, 0.29) is 42.5 Å². The molecule has 0 radical (unpaired) electrons. The summed E-state index contributed by atoms with van der Waals surface area (Å²) in [6, 6.07) is 2.12. The SMILES string of the molecule is O=CC1OC(=O)c2cc(O)c(O)c(O)c2-c2c(cc(O)c(O)c2O)C(=O)OC1C1OC(=O)c2cc(O)c(O)c(O)c2-c2c(cc(Oc3c(C(=O)OC4OC5COC(=O)c6cc(O)c(O)c(O)c6-c6c(cc(O)c(O)c6O)C(=O)OC5C5OC(=O)c6cc(O)c(O)c(O)c6-c6c(cc(O)c(O)c6O)C(=O)OC45)cc(O)c(O)c3O)c(O)c2O)C(=O)OCC1O. The van der Waals surface area contributed by atoms with Crippen molar-refractivity contribution in [3.8, 4) is 205 Å². The second-order valence-corrected chi connectivity index (χ2v) is 26.7. The van der Waals surface area contributed by atoms with Gasteiger partial charge < -0.3 is 190 Å². The summed E-state index contributed by atoms with van der Waals surface area (Å²) in [4.78, 5) is 146. The van der Waals surface area contributed by atoms with Crippen molar-refractivity contribution in [1.82, 2.24) is 0 Å². The monoisotopic (exact) mass is 1720 g/mol. The molecule has 48 nitrogen and oxygen atoms in total. The lowest BCUT2D eigenvalue weighted by atomic mass is 9.91. The predicted molar refractivity (Wildman–Crippen MR) is 379 cm³/mol. The molecule has 9 unspecified atom stereocenters. The summed E-state index contributed by atoms with van der Waals surface area (Å²) in [5.41, 5.74) is -22.5. The Hall–Kier alpha value is -17.6. The van der Waals surface area contributed by atoms with Crippen molar-refractivity contribution in [3.05, 3.63) is 105 Å². The van der Waals surface area contributed by atoms with Crippen LogP contribution in [0.3, 0.4) is 0 Å². The van der Waals surface area contributed by atoms with Crippen LogP contribution < -0.4 is 4.74 Å². The maximum absolute atomic E-state index is 15.3. The number of carbonyl (C=O) groups is 10. The average Bonchev–Trinajstić information content (AvgIpc) is 1.52. The largest absolute Gasteiger partial charge is 0.504 e. The van der Waals surface area contributed by atoms with E-state index in [9.17, 15) is 171 Å². The fraction of sp³-hybridized carbons (Fsp3) is 0.147. The molecule has 14 rings (SSSR count). The third-order valence-corrected chi connectivity index (χ3v) is 19.6. The lowest BCUT2D eigenvalue weighted by Gasteiger charge is -2.44. The number of esters is 9. The zero-order valence-electron chi connectivity index (χ0n) is 60.0. The van der Waals surface area contributed by atoms with Gasteiger partial charge in [-0.2, -0.15) is 0 Å². The third kappa shape index (κ3) is 13.0. The van der Waals surface area contributed by atoms with Crippen molar-refractivity contribution >= 4 is 60.0 Å². The summed E-state index contributed by atoms with van der Waals surface area (Å²) in [5, 5.41) is 300. The van der Waals surface area contributed by atoms with Crippen molar-refractivity contribution in [2.24, 2.45) is 0 Å². The number of aldehydes is 1. The molecular weight excluding hydrogens is 1670 g/mol. The van der Waals surface area contributed by atoms with Crippen LogP contribution in [0.4, 0.5) is 0 Å². The zero-order chi connectivity index (χ0) is 89.6. The first-order valence-electron chi connectivity index (χ1n) is 34.0. The number of aliphatic hydroxyl groups excluding tert-OH is 1. The Kier molecular flexibility index (Phi) is 19.7. The first kappa shape index (κ1) is 81.9. The lowest BCUT2D eigenvalue weighted by molar-refractivity contribution is -0.282. The maximum atomic E-state index is 15.3. The van der Waals surface area contributed by atoms with Gasteiger partial charge in [0.2, 0.25) is 69.9 Å². The second kappa shape index (κ2) is 29.5. The van der Waals surface area contributed by atoms with Gasteiger partial charge in [-0.05, 0) is 42.5 Å².